The van der Waals surface area contributed by atoms with E-state index in [0.29, 0.717) is 25.5 Å². The summed E-state index contributed by atoms with van der Waals surface area (Å²) in [6, 6.07) is 9.94. The third-order valence-electron chi connectivity index (χ3n) is 5.22. The van der Waals surface area contributed by atoms with Gasteiger partial charge in [-0.25, -0.2) is 0 Å². The van der Waals surface area contributed by atoms with Crippen LogP contribution in [-0.4, -0.2) is 54.3 Å². The van der Waals surface area contributed by atoms with Crippen LogP contribution in [0.5, 0.6) is 0 Å². The quantitative estimate of drug-likeness (QED) is 0.890. The molecule has 0 aliphatic carbocycles. The molecule has 136 valence electrons. The molecule has 2 heterocycles. The van der Waals surface area contributed by atoms with Gasteiger partial charge in [0, 0.05) is 26.2 Å². The van der Waals surface area contributed by atoms with Gasteiger partial charge in [0.15, 0.2) is 0 Å². The summed E-state index contributed by atoms with van der Waals surface area (Å²) in [5, 5.41) is 2.98. The first kappa shape index (κ1) is 17.9. The lowest BCUT2D eigenvalue weighted by Gasteiger charge is -2.36. The Morgan fingerprint density at radius 1 is 1.00 bits per heavy atom. The van der Waals surface area contributed by atoms with E-state index in [0.717, 1.165) is 50.9 Å². The van der Waals surface area contributed by atoms with Gasteiger partial charge in [-0.05, 0) is 44.2 Å². The summed E-state index contributed by atoms with van der Waals surface area (Å²) in [4.78, 5) is 29.1. The van der Waals surface area contributed by atoms with E-state index in [1.807, 2.05) is 35.2 Å². The highest BCUT2D eigenvalue weighted by molar-refractivity contribution is 5.80. The van der Waals surface area contributed by atoms with Gasteiger partial charge in [-0.15, -0.1) is 0 Å². The maximum absolute atomic E-state index is 12.7. The molecule has 0 spiro atoms. The molecule has 2 fully saturated rings. The van der Waals surface area contributed by atoms with Crippen molar-refractivity contribution in [3.63, 3.8) is 0 Å². The number of nitrogens with one attached hydrogen (secondary N) is 1. The summed E-state index contributed by atoms with van der Waals surface area (Å²) in [5.41, 5.74) is 1.10. The standard InChI is InChI=1S/C20H29N3O2/c24-19(21-14-17-8-3-1-4-9-17)16-22-11-7-10-18(15-22)20(25)23-12-5-2-6-13-23/h1,3-4,8-9,18H,2,5-7,10-16H2,(H,21,24). The van der Waals surface area contributed by atoms with Gasteiger partial charge in [-0.2, -0.15) is 0 Å². The lowest BCUT2D eigenvalue weighted by molar-refractivity contribution is -0.139. The van der Waals surface area contributed by atoms with Gasteiger partial charge in [0.05, 0.1) is 12.5 Å². The highest BCUT2D eigenvalue weighted by Gasteiger charge is 2.30. The Labute approximate surface area is 150 Å². The van der Waals surface area contributed by atoms with E-state index in [2.05, 4.69) is 10.2 Å². The first-order valence-corrected chi connectivity index (χ1v) is 9.54. The van der Waals surface area contributed by atoms with Crippen molar-refractivity contribution in [2.45, 2.75) is 38.6 Å². The Bertz CT molecular complexity index is 570. The van der Waals surface area contributed by atoms with Crippen LogP contribution >= 0.6 is 0 Å². The number of carbonyl (C=O) groups excluding carboxylic acids is 2. The van der Waals surface area contributed by atoms with Crippen LogP contribution in [0.4, 0.5) is 0 Å². The number of hydrogen-bond acceptors (Lipinski definition) is 3. The second-order valence-corrected chi connectivity index (χ2v) is 7.22. The second kappa shape index (κ2) is 8.99. The van der Waals surface area contributed by atoms with Crippen molar-refractivity contribution in [1.29, 1.82) is 0 Å². The molecule has 1 aromatic rings. The van der Waals surface area contributed by atoms with Crippen molar-refractivity contribution in [3.05, 3.63) is 35.9 Å². The predicted octanol–water partition coefficient (Wildman–Crippen LogP) is 2.03. The average Bonchev–Trinajstić information content (AvgIpc) is 2.67. The minimum absolute atomic E-state index is 0.0370. The molecule has 2 amide bonds. The zero-order valence-electron chi connectivity index (χ0n) is 15.0. The van der Waals surface area contributed by atoms with Crippen LogP contribution in [0.3, 0.4) is 0 Å². The number of hydrogen-bond donors (Lipinski definition) is 1. The SMILES string of the molecule is O=C(CN1CCCC(C(=O)N2CCCCC2)C1)NCc1ccccc1. The van der Waals surface area contributed by atoms with Crippen LogP contribution in [0.1, 0.15) is 37.7 Å². The predicted molar refractivity (Wildman–Crippen MR) is 97.9 cm³/mol. The van der Waals surface area contributed by atoms with E-state index < -0.39 is 0 Å². The molecule has 2 aliphatic heterocycles. The summed E-state index contributed by atoms with van der Waals surface area (Å²) in [6.07, 6.45) is 5.45. The van der Waals surface area contributed by atoms with Gasteiger partial charge in [0.25, 0.3) is 0 Å². The summed E-state index contributed by atoms with van der Waals surface area (Å²) in [5.74, 6) is 0.401. The molecule has 1 atom stereocenters. The third-order valence-corrected chi connectivity index (χ3v) is 5.22. The number of amides is 2. The van der Waals surface area contributed by atoms with Gasteiger partial charge in [0.1, 0.15) is 0 Å². The van der Waals surface area contributed by atoms with E-state index in [1.165, 1.54) is 6.42 Å². The van der Waals surface area contributed by atoms with Crippen LogP contribution in [-0.2, 0) is 16.1 Å². The number of likely N-dealkylation sites (tertiary alicyclic amines) is 2. The maximum Gasteiger partial charge on any atom is 0.234 e. The molecule has 3 rings (SSSR count). The lowest BCUT2D eigenvalue weighted by Crippen LogP contribution is -2.48. The molecule has 2 saturated heterocycles. The molecule has 0 radical (unpaired) electrons. The number of carbonyl (C=O) groups is 2. The molecule has 1 unspecified atom stereocenters. The monoisotopic (exact) mass is 343 g/mol. The average molecular weight is 343 g/mol. The minimum Gasteiger partial charge on any atom is -0.351 e. The smallest absolute Gasteiger partial charge is 0.234 e. The third kappa shape index (κ3) is 5.30. The fourth-order valence-corrected chi connectivity index (χ4v) is 3.83. The fourth-order valence-electron chi connectivity index (χ4n) is 3.83. The molecule has 1 N–H and O–H groups in total. The first-order chi connectivity index (χ1) is 12.2. The largest absolute Gasteiger partial charge is 0.351 e. The Morgan fingerprint density at radius 3 is 2.52 bits per heavy atom. The number of piperidine rings is 2. The van der Waals surface area contributed by atoms with E-state index in [4.69, 9.17) is 0 Å². The zero-order chi connectivity index (χ0) is 17.5. The zero-order valence-corrected chi connectivity index (χ0v) is 15.0. The molecule has 0 aromatic heterocycles. The van der Waals surface area contributed by atoms with Gasteiger partial charge in [-0.1, -0.05) is 30.3 Å². The van der Waals surface area contributed by atoms with Gasteiger partial charge in [0.2, 0.25) is 11.8 Å². The summed E-state index contributed by atoms with van der Waals surface area (Å²) >= 11 is 0. The Morgan fingerprint density at radius 2 is 1.76 bits per heavy atom. The summed E-state index contributed by atoms with van der Waals surface area (Å²) in [6.45, 7) is 4.39. The molecular formula is C20H29N3O2. The van der Waals surface area contributed by atoms with E-state index in [9.17, 15) is 9.59 Å². The van der Waals surface area contributed by atoms with Gasteiger partial charge < -0.3 is 10.2 Å². The molecule has 2 aliphatic rings. The molecule has 0 saturated carbocycles. The molecule has 0 bridgehead atoms. The van der Waals surface area contributed by atoms with Crippen molar-refractivity contribution < 1.29 is 9.59 Å². The Balaban J connectivity index is 1.44. The first-order valence-electron chi connectivity index (χ1n) is 9.54. The van der Waals surface area contributed by atoms with E-state index in [-0.39, 0.29) is 11.8 Å². The second-order valence-electron chi connectivity index (χ2n) is 7.22. The van der Waals surface area contributed by atoms with Crippen molar-refractivity contribution in [2.75, 3.05) is 32.7 Å². The highest BCUT2D eigenvalue weighted by Crippen LogP contribution is 2.21. The topological polar surface area (TPSA) is 52.7 Å². The normalized spacial score (nSPS) is 21.8. The Kier molecular flexibility index (Phi) is 6.45. The van der Waals surface area contributed by atoms with Crippen LogP contribution in [0.15, 0.2) is 30.3 Å². The number of nitrogens with zero attached hydrogens (tertiary/aromatic N) is 2. The summed E-state index contributed by atoms with van der Waals surface area (Å²) < 4.78 is 0. The van der Waals surface area contributed by atoms with Crippen LogP contribution in [0.25, 0.3) is 0 Å². The van der Waals surface area contributed by atoms with Crippen molar-refractivity contribution >= 4 is 11.8 Å². The van der Waals surface area contributed by atoms with Crippen molar-refractivity contribution in [3.8, 4) is 0 Å². The molecule has 25 heavy (non-hydrogen) atoms. The van der Waals surface area contributed by atoms with Crippen LogP contribution in [0.2, 0.25) is 0 Å². The van der Waals surface area contributed by atoms with Crippen molar-refractivity contribution in [2.24, 2.45) is 5.92 Å². The van der Waals surface area contributed by atoms with Gasteiger partial charge in [-0.3, -0.25) is 14.5 Å². The van der Waals surface area contributed by atoms with E-state index in [1.54, 1.807) is 0 Å². The van der Waals surface area contributed by atoms with Crippen molar-refractivity contribution in [1.82, 2.24) is 15.1 Å². The number of rotatable bonds is 5. The van der Waals surface area contributed by atoms with Crippen LogP contribution in [0, 0.1) is 5.92 Å². The lowest BCUT2D eigenvalue weighted by atomic mass is 9.95. The molecular weight excluding hydrogens is 314 g/mol. The molecule has 5 heteroatoms. The van der Waals surface area contributed by atoms with E-state index >= 15 is 0 Å². The maximum atomic E-state index is 12.7. The highest BCUT2D eigenvalue weighted by atomic mass is 16.2. The van der Waals surface area contributed by atoms with Crippen LogP contribution < -0.4 is 5.32 Å². The Hall–Kier alpha value is -1.88. The molecule has 1 aromatic carbocycles. The number of benzene rings is 1. The minimum atomic E-state index is 0.0370. The van der Waals surface area contributed by atoms with Gasteiger partial charge >= 0.3 is 0 Å². The summed E-state index contributed by atoms with van der Waals surface area (Å²) in [7, 11) is 0. The molecule has 5 nitrogen and oxygen atoms in total. The fraction of sp³-hybridized carbons (Fsp3) is 0.600.